The van der Waals surface area contributed by atoms with Gasteiger partial charge < -0.3 is 19.7 Å². The van der Waals surface area contributed by atoms with Crippen LogP contribution < -0.4 is 19.7 Å². The van der Waals surface area contributed by atoms with Gasteiger partial charge in [0.05, 0.1) is 31.0 Å². The zero-order chi connectivity index (χ0) is 22.9. The van der Waals surface area contributed by atoms with E-state index in [1.54, 1.807) is 24.3 Å². The Morgan fingerprint density at radius 1 is 1.34 bits per heavy atom. The number of ether oxygens (including phenoxy) is 2. The number of rotatable bonds is 8. The summed E-state index contributed by atoms with van der Waals surface area (Å²) in [5, 5.41) is 2.64. The molecule has 2 aliphatic rings. The summed E-state index contributed by atoms with van der Waals surface area (Å²) in [5.41, 5.74) is 1.59. The van der Waals surface area contributed by atoms with Crippen molar-refractivity contribution >= 4 is 17.3 Å². The van der Waals surface area contributed by atoms with E-state index in [1.165, 1.54) is 13.0 Å². The Morgan fingerprint density at radius 2 is 2.06 bits per heavy atom. The van der Waals surface area contributed by atoms with Gasteiger partial charge in [0.25, 0.3) is 5.92 Å². The Hall–Kier alpha value is -3.23. The van der Waals surface area contributed by atoms with Crippen LogP contribution in [0.5, 0.6) is 11.6 Å². The first-order chi connectivity index (χ1) is 15.2. The molecular weight excluding hydrogens is 423 g/mol. The van der Waals surface area contributed by atoms with Crippen molar-refractivity contribution in [1.29, 1.82) is 0 Å². The molecule has 1 aliphatic carbocycles. The van der Waals surface area contributed by atoms with Crippen molar-refractivity contribution in [2.45, 2.75) is 31.8 Å². The summed E-state index contributed by atoms with van der Waals surface area (Å²) in [6.07, 6.45) is 1.40. The number of nitrogens with zero attached hydrogens (tertiary/aromatic N) is 2. The van der Waals surface area contributed by atoms with E-state index in [9.17, 15) is 18.0 Å². The number of amides is 1. The van der Waals surface area contributed by atoms with Crippen molar-refractivity contribution in [3.63, 3.8) is 0 Å². The molecule has 2 fully saturated rings. The number of pyridine rings is 1. The summed E-state index contributed by atoms with van der Waals surface area (Å²) in [5.74, 6) is -3.38. The lowest BCUT2D eigenvalue weighted by molar-refractivity contribution is -0.117. The zero-order valence-electron chi connectivity index (χ0n) is 17.6. The van der Waals surface area contributed by atoms with Crippen LogP contribution in [0.3, 0.4) is 0 Å². The number of halogens is 3. The van der Waals surface area contributed by atoms with Gasteiger partial charge in [-0.3, -0.25) is 4.79 Å². The normalized spacial score (nSPS) is 21.2. The predicted molar refractivity (Wildman–Crippen MR) is 113 cm³/mol. The molecule has 1 amide bonds. The van der Waals surface area contributed by atoms with E-state index in [0.29, 0.717) is 36.6 Å². The fraction of sp³-hybridized carbons (Fsp3) is 0.391. The molecular formula is C23H24F3N3O3. The number of anilines is 1. The van der Waals surface area contributed by atoms with Crippen LogP contribution in [-0.4, -0.2) is 42.6 Å². The minimum atomic E-state index is -2.67. The molecule has 2 unspecified atom stereocenters. The van der Waals surface area contributed by atoms with E-state index in [0.717, 1.165) is 11.8 Å². The molecule has 170 valence electrons. The molecule has 9 heteroatoms. The minimum Gasteiger partial charge on any atom is -0.489 e. The first kappa shape index (κ1) is 22.0. The van der Waals surface area contributed by atoms with Crippen molar-refractivity contribution in [3.8, 4) is 11.6 Å². The van der Waals surface area contributed by atoms with Gasteiger partial charge in [-0.25, -0.2) is 18.2 Å². The third-order valence-corrected chi connectivity index (χ3v) is 5.52. The van der Waals surface area contributed by atoms with Gasteiger partial charge in [-0.2, -0.15) is 0 Å². The second-order valence-corrected chi connectivity index (χ2v) is 8.11. The van der Waals surface area contributed by atoms with E-state index < -0.39 is 17.7 Å². The fourth-order valence-corrected chi connectivity index (χ4v) is 3.62. The SMILES string of the molecule is C=C(NC(C)=O)c1ccc(OC2CCN(c3cc(OCC4CC4(F)F)ncc3F)C2)cc1. The Morgan fingerprint density at radius 3 is 2.72 bits per heavy atom. The maximum atomic E-state index is 14.4. The van der Waals surface area contributed by atoms with Crippen LogP contribution in [0.2, 0.25) is 0 Å². The van der Waals surface area contributed by atoms with Crippen LogP contribution in [0.1, 0.15) is 25.3 Å². The van der Waals surface area contributed by atoms with Crippen molar-refractivity contribution < 1.29 is 27.4 Å². The number of hydrogen-bond acceptors (Lipinski definition) is 5. The minimum absolute atomic E-state index is 0.128. The van der Waals surface area contributed by atoms with Crippen molar-refractivity contribution in [2.75, 3.05) is 24.6 Å². The molecule has 1 saturated heterocycles. The van der Waals surface area contributed by atoms with Crippen LogP contribution in [0, 0.1) is 11.7 Å². The Labute approximate surface area is 184 Å². The highest BCUT2D eigenvalue weighted by Gasteiger charge is 2.57. The van der Waals surface area contributed by atoms with Crippen LogP contribution in [0.15, 0.2) is 43.1 Å². The highest BCUT2D eigenvalue weighted by atomic mass is 19.3. The zero-order valence-corrected chi connectivity index (χ0v) is 17.6. The first-order valence-electron chi connectivity index (χ1n) is 10.4. The molecule has 1 aromatic carbocycles. The van der Waals surface area contributed by atoms with Crippen LogP contribution >= 0.6 is 0 Å². The first-order valence-corrected chi connectivity index (χ1v) is 10.4. The molecule has 32 heavy (non-hydrogen) atoms. The summed E-state index contributed by atoms with van der Waals surface area (Å²) in [6.45, 7) is 6.13. The van der Waals surface area contributed by atoms with E-state index in [1.807, 2.05) is 4.90 Å². The number of benzene rings is 1. The Balaban J connectivity index is 1.33. The van der Waals surface area contributed by atoms with Gasteiger partial charge in [-0.15, -0.1) is 0 Å². The highest BCUT2D eigenvalue weighted by molar-refractivity contribution is 5.84. The van der Waals surface area contributed by atoms with Gasteiger partial charge in [0.2, 0.25) is 11.8 Å². The predicted octanol–water partition coefficient (Wildman–Crippen LogP) is 4.02. The third-order valence-electron chi connectivity index (χ3n) is 5.52. The molecule has 1 N–H and O–H groups in total. The quantitative estimate of drug-likeness (QED) is 0.662. The number of aromatic nitrogens is 1. The lowest BCUT2D eigenvalue weighted by atomic mass is 10.1. The molecule has 1 aromatic heterocycles. The monoisotopic (exact) mass is 447 g/mol. The molecule has 2 heterocycles. The van der Waals surface area contributed by atoms with Gasteiger partial charge in [0.1, 0.15) is 11.9 Å². The molecule has 0 spiro atoms. The van der Waals surface area contributed by atoms with E-state index in [-0.39, 0.29) is 30.9 Å². The summed E-state index contributed by atoms with van der Waals surface area (Å²) in [6, 6.07) is 8.63. The summed E-state index contributed by atoms with van der Waals surface area (Å²) in [4.78, 5) is 16.8. The summed E-state index contributed by atoms with van der Waals surface area (Å²) < 4.78 is 51.8. The van der Waals surface area contributed by atoms with Crippen molar-refractivity contribution in [1.82, 2.24) is 10.3 Å². The Bertz CT molecular complexity index is 1010. The average molecular weight is 447 g/mol. The number of carbonyl (C=O) groups is 1. The average Bonchev–Trinajstić information content (AvgIpc) is 3.12. The second-order valence-electron chi connectivity index (χ2n) is 8.11. The summed E-state index contributed by atoms with van der Waals surface area (Å²) >= 11 is 0. The number of nitrogens with one attached hydrogen (secondary N) is 1. The Kier molecular flexibility index (Phi) is 5.99. The molecule has 6 nitrogen and oxygen atoms in total. The lowest BCUT2D eigenvalue weighted by Gasteiger charge is -2.20. The molecule has 1 saturated carbocycles. The standard InChI is InChI=1S/C23H24F3N3O3/c1-14(28-15(2)30)16-3-5-18(6-4-16)32-19-7-8-29(12-19)21-9-22(27-11-20(21)24)31-13-17-10-23(17,25)26/h3-6,9,11,17,19H,1,7-8,10,12-13H2,2H3,(H,28,30). The number of carbonyl (C=O) groups excluding carboxylic acids is 1. The largest absolute Gasteiger partial charge is 0.489 e. The van der Waals surface area contributed by atoms with E-state index in [2.05, 4.69) is 16.9 Å². The number of hydrogen-bond donors (Lipinski definition) is 1. The van der Waals surface area contributed by atoms with Gasteiger partial charge in [0.15, 0.2) is 5.82 Å². The molecule has 0 radical (unpaired) electrons. The van der Waals surface area contributed by atoms with Crippen LogP contribution in [-0.2, 0) is 4.79 Å². The summed E-state index contributed by atoms with van der Waals surface area (Å²) in [7, 11) is 0. The molecule has 1 aliphatic heterocycles. The van der Waals surface area contributed by atoms with Gasteiger partial charge in [-0.1, -0.05) is 6.58 Å². The van der Waals surface area contributed by atoms with E-state index in [4.69, 9.17) is 9.47 Å². The van der Waals surface area contributed by atoms with Crippen LogP contribution in [0.25, 0.3) is 5.70 Å². The molecule has 4 rings (SSSR count). The smallest absolute Gasteiger partial charge is 0.255 e. The van der Waals surface area contributed by atoms with E-state index >= 15 is 0 Å². The second kappa shape index (κ2) is 8.72. The fourth-order valence-electron chi connectivity index (χ4n) is 3.62. The third kappa shape index (κ3) is 5.15. The number of alkyl halides is 2. The van der Waals surface area contributed by atoms with Gasteiger partial charge in [0, 0.05) is 38.1 Å². The van der Waals surface area contributed by atoms with Crippen LogP contribution in [0.4, 0.5) is 18.9 Å². The van der Waals surface area contributed by atoms with Crippen molar-refractivity contribution in [2.24, 2.45) is 5.92 Å². The topological polar surface area (TPSA) is 63.7 Å². The van der Waals surface area contributed by atoms with Gasteiger partial charge in [-0.05, 0) is 29.8 Å². The maximum absolute atomic E-state index is 14.4. The molecule has 2 atom stereocenters. The maximum Gasteiger partial charge on any atom is 0.255 e. The van der Waals surface area contributed by atoms with Gasteiger partial charge >= 0.3 is 0 Å². The molecule has 2 aromatic rings. The highest BCUT2D eigenvalue weighted by Crippen LogP contribution is 2.48. The van der Waals surface area contributed by atoms with Crippen molar-refractivity contribution in [3.05, 3.63) is 54.5 Å². The lowest BCUT2D eigenvalue weighted by Crippen LogP contribution is -2.25. The molecule has 0 bridgehead atoms.